The molecule has 3 aliphatic heterocycles. The van der Waals surface area contributed by atoms with E-state index in [0.717, 1.165) is 61.3 Å². The number of sulfone groups is 1. The fourth-order valence-corrected chi connectivity index (χ4v) is 5.98. The number of nitrogens with zero attached hydrogens (tertiary/aromatic N) is 2. The minimum atomic E-state index is -3.22. The maximum Gasteiger partial charge on any atom is 0.410 e. The number of hydrogen-bond donors (Lipinski definition) is 0. The monoisotopic (exact) mass is 498 g/mol. The highest BCUT2D eigenvalue weighted by atomic mass is 32.2. The van der Waals surface area contributed by atoms with Gasteiger partial charge in [0.25, 0.3) is 0 Å². The predicted octanol–water partition coefficient (Wildman–Crippen LogP) is 4.88. The van der Waals surface area contributed by atoms with E-state index in [1.54, 1.807) is 17.0 Å². The van der Waals surface area contributed by atoms with Crippen LogP contribution in [0.3, 0.4) is 0 Å². The first-order valence-corrected chi connectivity index (χ1v) is 14.2. The van der Waals surface area contributed by atoms with Crippen molar-refractivity contribution >= 4 is 27.3 Å². The van der Waals surface area contributed by atoms with Crippen LogP contribution in [0.15, 0.2) is 41.3 Å². The van der Waals surface area contributed by atoms with E-state index >= 15 is 0 Å². The second-order valence-corrected chi connectivity index (χ2v) is 13.0. The minimum absolute atomic E-state index is 0.252. The van der Waals surface area contributed by atoms with Gasteiger partial charge in [-0.15, -0.1) is 0 Å². The molecule has 0 aromatic heterocycles. The third-order valence-electron chi connectivity index (χ3n) is 7.24. The molecule has 0 N–H and O–H groups in total. The summed E-state index contributed by atoms with van der Waals surface area (Å²) in [5.41, 5.74) is 3.62. The zero-order valence-corrected chi connectivity index (χ0v) is 21.8. The van der Waals surface area contributed by atoms with Crippen LogP contribution >= 0.6 is 0 Å². The van der Waals surface area contributed by atoms with Gasteiger partial charge in [-0.2, -0.15) is 0 Å². The van der Waals surface area contributed by atoms with E-state index in [0.29, 0.717) is 18.0 Å². The van der Waals surface area contributed by atoms with Gasteiger partial charge in [0.2, 0.25) is 0 Å². The number of anilines is 2. The van der Waals surface area contributed by atoms with Crippen molar-refractivity contribution in [2.75, 3.05) is 30.8 Å². The number of fused-ring (bicyclic) bond motifs is 2. The number of amides is 1. The Labute approximate surface area is 207 Å². The lowest BCUT2D eigenvalue weighted by atomic mass is 9.83. The number of likely N-dealkylation sites (tertiary alicyclic amines) is 1. The van der Waals surface area contributed by atoms with Crippen LogP contribution in [0.4, 0.5) is 16.2 Å². The molecule has 0 atom stereocenters. The van der Waals surface area contributed by atoms with Crippen molar-refractivity contribution in [2.24, 2.45) is 0 Å². The quantitative estimate of drug-likeness (QED) is 0.588. The topological polar surface area (TPSA) is 76.2 Å². The van der Waals surface area contributed by atoms with Gasteiger partial charge in [0.05, 0.1) is 4.90 Å². The number of hydrogen-bond acceptors (Lipinski definition) is 6. The molecule has 1 saturated heterocycles. The molecule has 2 aromatic rings. The second-order valence-electron chi connectivity index (χ2n) is 11.0. The molecule has 3 heterocycles. The van der Waals surface area contributed by atoms with Gasteiger partial charge in [-0.3, -0.25) is 0 Å². The molecule has 35 heavy (non-hydrogen) atoms. The van der Waals surface area contributed by atoms with Gasteiger partial charge in [-0.1, -0.05) is 6.07 Å². The number of carbonyl (C=O) groups excluding carboxylic acids is 1. The van der Waals surface area contributed by atoms with Crippen LogP contribution in [-0.4, -0.2) is 56.5 Å². The fraction of sp³-hybridized carbons (Fsp3) is 0.519. The average molecular weight is 499 g/mol. The standard InChI is InChI=1S/C27H34N2O5S/c1-26(2,3)34-25(30)28-15-12-27(13-16-28)11-9-19-5-6-21(18-24(19)33-27)29-14-10-20-17-22(35(4,31)32)7-8-23(20)29/h5-8,17-18H,9-16H2,1-4H3. The van der Waals surface area contributed by atoms with Gasteiger partial charge in [0.1, 0.15) is 17.0 Å². The van der Waals surface area contributed by atoms with Gasteiger partial charge in [0.15, 0.2) is 9.84 Å². The Morgan fingerprint density at radius 2 is 1.71 bits per heavy atom. The fourth-order valence-electron chi connectivity index (χ4n) is 5.31. The van der Waals surface area contributed by atoms with Gasteiger partial charge in [0, 0.05) is 56.2 Å². The largest absolute Gasteiger partial charge is 0.487 e. The molecule has 0 unspecified atom stereocenters. The number of carbonyl (C=O) groups is 1. The first-order chi connectivity index (χ1) is 16.4. The van der Waals surface area contributed by atoms with E-state index in [2.05, 4.69) is 23.1 Å². The highest BCUT2D eigenvalue weighted by Crippen LogP contribution is 2.43. The Hall–Kier alpha value is -2.74. The van der Waals surface area contributed by atoms with Gasteiger partial charge < -0.3 is 19.3 Å². The van der Waals surface area contributed by atoms with E-state index in [-0.39, 0.29) is 11.7 Å². The number of aryl methyl sites for hydroxylation is 1. The summed E-state index contributed by atoms with van der Waals surface area (Å²) in [5, 5.41) is 0. The molecule has 3 aliphatic rings. The van der Waals surface area contributed by atoms with E-state index in [9.17, 15) is 13.2 Å². The zero-order valence-electron chi connectivity index (χ0n) is 21.0. The van der Waals surface area contributed by atoms with E-state index < -0.39 is 15.4 Å². The van der Waals surface area contributed by atoms with Crippen LogP contribution < -0.4 is 9.64 Å². The molecule has 188 valence electrons. The summed E-state index contributed by atoms with van der Waals surface area (Å²) in [5.74, 6) is 0.917. The zero-order chi connectivity index (χ0) is 25.0. The SMILES string of the molecule is CC(C)(C)OC(=O)N1CCC2(CCc3ccc(N4CCc5cc(S(C)(=O)=O)ccc54)cc3O2)CC1. The van der Waals surface area contributed by atoms with Crippen LogP contribution in [0.5, 0.6) is 5.75 Å². The second kappa shape index (κ2) is 8.43. The highest BCUT2D eigenvalue weighted by Gasteiger charge is 2.41. The Morgan fingerprint density at radius 1 is 0.971 bits per heavy atom. The normalized spacial score (nSPS) is 19.2. The molecule has 1 fully saturated rings. The smallest absolute Gasteiger partial charge is 0.410 e. The average Bonchev–Trinajstić information content (AvgIpc) is 3.21. The molecule has 0 radical (unpaired) electrons. The van der Waals surface area contributed by atoms with Gasteiger partial charge in [-0.05, 0) is 75.4 Å². The molecule has 0 bridgehead atoms. The van der Waals surface area contributed by atoms with Gasteiger partial charge in [-0.25, -0.2) is 13.2 Å². The van der Waals surface area contributed by atoms with Crippen molar-refractivity contribution in [2.45, 2.75) is 69.0 Å². The first-order valence-electron chi connectivity index (χ1n) is 12.3. The third kappa shape index (κ3) is 4.85. The molecule has 1 spiro atoms. The Kier molecular flexibility index (Phi) is 5.78. The predicted molar refractivity (Wildman–Crippen MR) is 135 cm³/mol. The van der Waals surface area contributed by atoms with Crippen LogP contribution in [0.2, 0.25) is 0 Å². The summed E-state index contributed by atoms with van der Waals surface area (Å²) >= 11 is 0. The van der Waals surface area contributed by atoms with Crippen LogP contribution in [0.1, 0.15) is 51.2 Å². The summed E-state index contributed by atoms with van der Waals surface area (Å²) in [6.07, 6.45) is 5.28. The molecule has 0 saturated carbocycles. The highest BCUT2D eigenvalue weighted by molar-refractivity contribution is 7.90. The maximum atomic E-state index is 12.5. The summed E-state index contributed by atoms with van der Waals surface area (Å²) in [7, 11) is -3.22. The third-order valence-corrected chi connectivity index (χ3v) is 8.35. The van der Waals surface area contributed by atoms with Crippen molar-refractivity contribution in [3.8, 4) is 5.75 Å². The molecule has 2 aromatic carbocycles. The Morgan fingerprint density at radius 3 is 2.40 bits per heavy atom. The summed E-state index contributed by atoms with van der Waals surface area (Å²) in [4.78, 5) is 16.9. The number of benzene rings is 2. The molecule has 8 heteroatoms. The maximum absolute atomic E-state index is 12.5. The summed E-state index contributed by atoms with van der Waals surface area (Å²) < 4.78 is 36.1. The first kappa shape index (κ1) is 24.0. The Balaban J connectivity index is 1.32. The lowest BCUT2D eigenvalue weighted by Crippen LogP contribution is -2.52. The van der Waals surface area contributed by atoms with E-state index in [1.807, 2.05) is 26.8 Å². The molecule has 0 aliphatic carbocycles. The van der Waals surface area contributed by atoms with Crippen molar-refractivity contribution in [1.82, 2.24) is 4.90 Å². The number of rotatable bonds is 2. The van der Waals surface area contributed by atoms with Crippen molar-refractivity contribution in [3.05, 3.63) is 47.5 Å². The number of piperidine rings is 1. The molecular weight excluding hydrogens is 464 g/mol. The van der Waals surface area contributed by atoms with Crippen LogP contribution in [-0.2, 0) is 27.4 Å². The molecule has 1 amide bonds. The number of ether oxygens (including phenoxy) is 2. The van der Waals surface area contributed by atoms with Crippen LogP contribution in [0.25, 0.3) is 0 Å². The molecule has 7 nitrogen and oxygen atoms in total. The lowest BCUT2D eigenvalue weighted by Gasteiger charge is -2.44. The van der Waals surface area contributed by atoms with Gasteiger partial charge >= 0.3 is 6.09 Å². The van der Waals surface area contributed by atoms with Crippen molar-refractivity contribution in [1.29, 1.82) is 0 Å². The van der Waals surface area contributed by atoms with E-state index in [1.165, 1.54) is 11.8 Å². The van der Waals surface area contributed by atoms with Crippen molar-refractivity contribution < 1.29 is 22.7 Å². The summed E-state index contributed by atoms with van der Waals surface area (Å²) in [6, 6.07) is 11.8. The minimum Gasteiger partial charge on any atom is -0.487 e. The van der Waals surface area contributed by atoms with Crippen LogP contribution in [0, 0.1) is 0 Å². The van der Waals surface area contributed by atoms with Crippen molar-refractivity contribution in [3.63, 3.8) is 0 Å². The lowest BCUT2D eigenvalue weighted by molar-refractivity contribution is -0.0272. The Bertz CT molecular complexity index is 1260. The van der Waals surface area contributed by atoms with E-state index in [4.69, 9.17) is 9.47 Å². The molecule has 5 rings (SSSR count). The molecular formula is C27H34N2O5S. The summed E-state index contributed by atoms with van der Waals surface area (Å²) in [6.45, 7) is 7.73.